The van der Waals surface area contributed by atoms with E-state index >= 15 is 0 Å². The van der Waals surface area contributed by atoms with Crippen molar-refractivity contribution in [1.29, 1.82) is 0 Å². The van der Waals surface area contributed by atoms with E-state index in [2.05, 4.69) is 17.2 Å². The van der Waals surface area contributed by atoms with Crippen molar-refractivity contribution in [2.24, 2.45) is 0 Å². The summed E-state index contributed by atoms with van der Waals surface area (Å²) in [6.45, 7) is 4.08. The molecule has 0 unspecified atom stereocenters. The summed E-state index contributed by atoms with van der Waals surface area (Å²) in [7, 11) is 0. The van der Waals surface area contributed by atoms with Gasteiger partial charge in [-0.25, -0.2) is 4.98 Å². The van der Waals surface area contributed by atoms with Gasteiger partial charge in [0.15, 0.2) is 12.2 Å². The zero-order valence-electron chi connectivity index (χ0n) is 13.2. The van der Waals surface area contributed by atoms with Gasteiger partial charge in [-0.2, -0.15) is 0 Å². The smallest absolute Gasteiger partial charge is 0.255 e. The Morgan fingerprint density at radius 1 is 1.17 bits per heavy atom. The lowest BCUT2D eigenvalue weighted by Crippen LogP contribution is -2.14. The average molecular weight is 306 g/mol. The van der Waals surface area contributed by atoms with Crippen molar-refractivity contribution in [1.82, 2.24) is 4.98 Å². The summed E-state index contributed by atoms with van der Waals surface area (Å²) in [6, 6.07) is 13.3. The molecule has 0 atom stereocenters. The van der Waals surface area contributed by atoms with E-state index in [0.29, 0.717) is 11.3 Å². The van der Waals surface area contributed by atoms with Crippen LogP contribution in [0, 0.1) is 6.92 Å². The zero-order valence-corrected chi connectivity index (χ0v) is 13.2. The van der Waals surface area contributed by atoms with Crippen molar-refractivity contribution < 1.29 is 9.21 Å². The first kappa shape index (κ1) is 15.0. The Hall–Kier alpha value is -2.88. The third kappa shape index (κ3) is 3.16. The van der Waals surface area contributed by atoms with Crippen LogP contribution in [0.2, 0.25) is 0 Å². The molecule has 1 heterocycles. The van der Waals surface area contributed by atoms with Gasteiger partial charge in [-0.05, 0) is 36.6 Å². The summed E-state index contributed by atoms with van der Waals surface area (Å²) >= 11 is 0. The molecule has 0 aliphatic rings. The molecule has 4 nitrogen and oxygen atoms in total. The van der Waals surface area contributed by atoms with Crippen molar-refractivity contribution in [3.63, 3.8) is 0 Å². The molecule has 1 amide bonds. The molecule has 2 aromatic carbocycles. The van der Waals surface area contributed by atoms with E-state index in [0.717, 1.165) is 28.8 Å². The van der Waals surface area contributed by atoms with Crippen LogP contribution in [0.5, 0.6) is 0 Å². The Morgan fingerprint density at radius 3 is 2.61 bits per heavy atom. The number of rotatable bonds is 4. The highest BCUT2D eigenvalue weighted by Crippen LogP contribution is 2.23. The summed E-state index contributed by atoms with van der Waals surface area (Å²) in [5.41, 5.74) is 4.61. The van der Waals surface area contributed by atoms with Gasteiger partial charge in [0.05, 0.1) is 6.20 Å². The quantitative estimate of drug-likeness (QED) is 0.774. The maximum absolute atomic E-state index is 12.5. The number of amides is 1. The van der Waals surface area contributed by atoms with Crippen LogP contribution in [0.1, 0.15) is 28.4 Å². The number of para-hydroxylation sites is 1. The van der Waals surface area contributed by atoms with Gasteiger partial charge >= 0.3 is 0 Å². The van der Waals surface area contributed by atoms with Crippen LogP contribution in [0.25, 0.3) is 11.3 Å². The number of oxazole rings is 1. The fraction of sp³-hybridized carbons (Fsp3) is 0.158. The highest BCUT2D eigenvalue weighted by Gasteiger charge is 2.11. The minimum Gasteiger partial charge on any atom is -0.444 e. The predicted octanol–water partition coefficient (Wildman–Crippen LogP) is 4.46. The second-order valence-electron chi connectivity index (χ2n) is 5.36. The van der Waals surface area contributed by atoms with Gasteiger partial charge in [0, 0.05) is 16.8 Å². The number of benzene rings is 2. The van der Waals surface area contributed by atoms with Gasteiger partial charge in [0.2, 0.25) is 0 Å². The van der Waals surface area contributed by atoms with E-state index in [1.807, 2.05) is 37.3 Å². The Labute approximate surface area is 135 Å². The molecule has 1 aromatic heterocycles. The first-order valence-electron chi connectivity index (χ1n) is 7.58. The van der Waals surface area contributed by atoms with Crippen LogP contribution in [0.4, 0.5) is 5.69 Å². The molecule has 1 N–H and O–H groups in total. The number of anilines is 1. The van der Waals surface area contributed by atoms with Crippen molar-refractivity contribution >= 4 is 11.6 Å². The number of nitrogens with zero attached hydrogens (tertiary/aromatic N) is 1. The van der Waals surface area contributed by atoms with Crippen molar-refractivity contribution in [2.45, 2.75) is 20.3 Å². The van der Waals surface area contributed by atoms with Crippen molar-refractivity contribution in [3.05, 3.63) is 71.7 Å². The molecule has 0 spiro atoms. The molecule has 0 saturated carbocycles. The molecule has 3 aromatic rings. The molecular weight excluding hydrogens is 288 g/mol. The lowest BCUT2D eigenvalue weighted by molar-refractivity contribution is 0.102. The highest BCUT2D eigenvalue weighted by molar-refractivity contribution is 6.05. The summed E-state index contributed by atoms with van der Waals surface area (Å²) in [4.78, 5) is 16.4. The second kappa shape index (κ2) is 6.48. The van der Waals surface area contributed by atoms with E-state index in [9.17, 15) is 4.79 Å². The van der Waals surface area contributed by atoms with E-state index in [-0.39, 0.29) is 5.91 Å². The molecular formula is C19H18N2O2. The molecule has 0 fully saturated rings. The molecule has 0 aliphatic carbocycles. The molecule has 0 radical (unpaired) electrons. The molecule has 0 aliphatic heterocycles. The van der Waals surface area contributed by atoms with Crippen LogP contribution in [-0.2, 0) is 6.42 Å². The van der Waals surface area contributed by atoms with E-state index in [1.165, 1.54) is 6.39 Å². The number of aryl methyl sites for hydroxylation is 2. The average Bonchev–Trinajstić information content (AvgIpc) is 3.11. The molecule has 116 valence electrons. The van der Waals surface area contributed by atoms with Gasteiger partial charge in [0.1, 0.15) is 0 Å². The lowest BCUT2D eigenvalue weighted by Gasteiger charge is -2.13. The summed E-state index contributed by atoms with van der Waals surface area (Å²) in [6.07, 6.45) is 3.91. The van der Waals surface area contributed by atoms with E-state index in [4.69, 9.17) is 4.42 Å². The minimum atomic E-state index is -0.113. The van der Waals surface area contributed by atoms with Gasteiger partial charge < -0.3 is 9.73 Å². The SMILES string of the molecule is CCc1cccc(C)c1NC(=O)c1ccc(-c2cnco2)cc1. The van der Waals surface area contributed by atoms with Crippen LogP contribution >= 0.6 is 0 Å². The van der Waals surface area contributed by atoms with E-state index in [1.54, 1.807) is 18.3 Å². The molecule has 0 bridgehead atoms. The van der Waals surface area contributed by atoms with Crippen LogP contribution in [0.15, 0.2) is 59.5 Å². The van der Waals surface area contributed by atoms with Gasteiger partial charge in [-0.1, -0.05) is 37.3 Å². The standard InChI is InChI=1S/C19H18N2O2/c1-3-14-6-4-5-13(2)18(14)21-19(22)16-9-7-15(8-10-16)17-11-20-12-23-17/h4-12H,3H2,1-2H3,(H,21,22). The highest BCUT2D eigenvalue weighted by atomic mass is 16.3. The van der Waals surface area contributed by atoms with Gasteiger partial charge in [-0.3, -0.25) is 4.79 Å². The first-order valence-corrected chi connectivity index (χ1v) is 7.58. The third-order valence-electron chi connectivity index (χ3n) is 3.84. The van der Waals surface area contributed by atoms with E-state index < -0.39 is 0 Å². The monoisotopic (exact) mass is 306 g/mol. The largest absolute Gasteiger partial charge is 0.444 e. The Morgan fingerprint density at radius 2 is 1.96 bits per heavy atom. The summed E-state index contributed by atoms with van der Waals surface area (Å²) < 4.78 is 5.25. The Kier molecular flexibility index (Phi) is 4.24. The zero-order chi connectivity index (χ0) is 16.2. The number of hydrogen-bond acceptors (Lipinski definition) is 3. The summed E-state index contributed by atoms with van der Waals surface area (Å²) in [5, 5.41) is 3.03. The second-order valence-corrected chi connectivity index (χ2v) is 5.36. The maximum Gasteiger partial charge on any atom is 0.255 e. The molecule has 0 saturated heterocycles. The maximum atomic E-state index is 12.5. The Bertz CT molecular complexity index is 806. The van der Waals surface area contributed by atoms with Crippen LogP contribution in [-0.4, -0.2) is 10.9 Å². The summed E-state index contributed by atoms with van der Waals surface area (Å²) in [5.74, 6) is 0.572. The lowest BCUT2D eigenvalue weighted by atomic mass is 10.0. The number of hydrogen-bond donors (Lipinski definition) is 1. The predicted molar refractivity (Wildman–Crippen MR) is 90.4 cm³/mol. The van der Waals surface area contributed by atoms with Crippen molar-refractivity contribution in [2.75, 3.05) is 5.32 Å². The fourth-order valence-corrected chi connectivity index (χ4v) is 2.53. The molecule has 23 heavy (non-hydrogen) atoms. The first-order chi connectivity index (χ1) is 11.2. The van der Waals surface area contributed by atoms with Gasteiger partial charge in [-0.15, -0.1) is 0 Å². The Balaban J connectivity index is 1.82. The number of nitrogens with one attached hydrogen (secondary N) is 1. The third-order valence-corrected chi connectivity index (χ3v) is 3.84. The van der Waals surface area contributed by atoms with Gasteiger partial charge in [0.25, 0.3) is 5.91 Å². The van der Waals surface area contributed by atoms with Crippen LogP contribution in [0.3, 0.4) is 0 Å². The topological polar surface area (TPSA) is 55.1 Å². The molecule has 4 heteroatoms. The number of carbonyl (C=O) groups excluding carboxylic acids is 1. The van der Waals surface area contributed by atoms with Crippen molar-refractivity contribution in [3.8, 4) is 11.3 Å². The number of aromatic nitrogens is 1. The normalized spacial score (nSPS) is 10.5. The minimum absolute atomic E-state index is 0.113. The fourth-order valence-electron chi connectivity index (χ4n) is 2.53. The number of carbonyl (C=O) groups is 1. The van der Waals surface area contributed by atoms with Crippen LogP contribution < -0.4 is 5.32 Å². The molecule has 3 rings (SSSR count).